The molecular formula is C19H30O. The molecule has 1 aromatic carbocycles. The average molecular weight is 274 g/mol. The van der Waals surface area contributed by atoms with Crippen LogP contribution in [0.4, 0.5) is 0 Å². The van der Waals surface area contributed by atoms with Crippen LogP contribution < -0.4 is 0 Å². The van der Waals surface area contributed by atoms with Gasteiger partial charge < -0.3 is 5.11 Å². The lowest BCUT2D eigenvalue weighted by Crippen LogP contribution is -2.17. The number of rotatable bonds is 2. The van der Waals surface area contributed by atoms with E-state index in [0.717, 1.165) is 12.0 Å². The monoisotopic (exact) mass is 274 g/mol. The van der Waals surface area contributed by atoms with Gasteiger partial charge in [-0.1, -0.05) is 59.3 Å². The van der Waals surface area contributed by atoms with E-state index >= 15 is 0 Å². The number of hydrogen-bond acceptors (Lipinski definition) is 1. The van der Waals surface area contributed by atoms with Crippen LogP contribution in [0.15, 0.2) is 23.8 Å². The van der Waals surface area contributed by atoms with Crippen molar-refractivity contribution in [3.63, 3.8) is 0 Å². The highest BCUT2D eigenvalue weighted by Gasteiger charge is 2.24. The Balaban J connectivity index is 3.46. The second-order valence-electron chi connectivity index (χ2n) is 8.01. The van der Waals surface area contributed by atoms with E-state index in [1.807, 2.05) is 6.07 Å². The maximum absolute atomic E-state index is 10.4. The van der Waals surface area contributed by atoms with Crippen LogP contribution in [0.1, 0.15) is 72.1 Å². The zero-order valence-electron chi connectivity index (χ0n) is 14.4. The molecular weight excluding hydrogens is 244 g/mol. The Bertz CT molecular complexity index is 504. The predicted molar refractivity (Wildman–Crippen MR) is 88.6 cm³/mol. The molecule has 1 rings (SSSR count). The van der Waals surface area contributed by atoms with E-state index in [0.29, 0.717) is 5.75 Å². The van der Waals surface area contributed by atoms with Gasteiger partial charge in [0.2, 0.25) is 0 Å². The highest BCUT2D eigenvalue weighted by atomic mass is 16.3. The Morgan fingerprint density at radius 1 is 0.950 bits per heavy atom. The van der Waals surface area contributed by atoms with Gasteiger partial charge in [-0.05, 0) is 53.9 Å². The van der Waals surface area contributed by atoms with Crippen molar-refractivity contribution >= 4 is 0 Å². The van der Waals surface area contributed by atoms with Gasteiger partial charge in [0.05, 0.1) is 0 Å². The summed E-state index contributed by atoms with van der Waals surface area (Å²) in [6.07, 6.45) is 3.19. The SMILES string of the molecule is CC(C)=CCc1cc(C(C)(C)C)c(O)cc1C(C)(C)C. The number of allylic oxidation sites excluding steroid dienone is 2. The Morgan fingerprint density at radius 2 is 1.45 bits per heavy atom. The minimum Gasteiger partial charge on any atom is -0.508 e. The van der Waals surface area contributed by atoms with Crippen molar-refractivity contribution < 1.29 is 5.11 Å². The lowest BCUT2D eigenvalue weighted by molar-refractivity contribution is 0.442. The normalized spacial score (nSPS) is 12.4. The Labute approximate surface area is 124 Å². The molecule has 0 saturated heterocycles. The second kappa shape index (κ2) is 5.63. The van der Waals surface area contributed by atoms with E-state index in [1.54, 1.807) is 0 Å². The maximum atomic E-state index is 10.4. The quantitative estimate of drug-likeness (QED) is 0.706. The fourth-order valence-corrected chi connectivity index (χ4v) is 2.41. The fraction of sp³-hybridized carbons (Fsp3) is 0.579. The minimum atomic E-state index is -0.0414. The zero-order chi connectivity index (χ0) is 15.7. The summed E-state index contributed by atoms with van der Waals surface area (Å²) in [6.45, 7) is 17.3. The van der Waals surface area contributed by atoms with E-state index in [1.165, 1.54) is 16.7 Å². The summed E-state index contributed by atoms with van der Waals surface area (Å²) in [4.78, 5) is 0. The van der Waals surface area contributed by atoms with Gasteiger partial charge in [0.15, 0.2) is 0 Å². The van der Waals surface area contributed by atoms with Crippen LogP contribution in [0.3, 0.4) is 0 Å². The summed E-state index contributed by atoms with van der Waals surface area (Å²) < 4.78 is 0. The third-order valence-corrected chi connectivity index (χ3v) is 3.57. The molecule has 20 heavy (non-hydrogen) atoms. The molecule has 0 bridgehead atoms. The molecule has 0 aliphatic carbocycles. The fourth-order valence-electron chi connectivity index (χ4n) is 2.41. The van der Waals surface area contributed by atoms with Crippen molar-refractivity contribution in [3.8, 4) is 5.75 Å². The first-order valence-electron chi connectivity index (χ1n) is 7.43. The smallest absolute Gasteiger partial charge is 0.119 e. The van der Waals surface area contributed by atoms with Crippen molar-refractivity contribution in [1.29, 1.82) is 0 Å². The van der Waals surface area contributed by atoms with Gasteiger partial charge in [-0.25, -0.2) is 0 Å². The van der Waals surface area contributed by atoms with E-state index < -0.39 is 0 Å². The minimum absolute atomic E-state index is 0.0404. The number of benzene rings is 1. The van der Waals surface area contributed by atoms with Gasteiger partial charge in [0.1, 0.15) is 5.75 Å². The molecule has 1 nitrogen and oxygen atoms in total. The van der Waals surface area contributed by atoms with Gasteiger partial charge in [-0.2, -0.15) is 0 Å². The molecule has 0 atom stereocenters. The van der Waals surface area contributed by atoms with Crippen molar-refractivity contribution in [3.05, 3.63) is 40.5 Å². The molecule has 0 aromatic heterocycles. The van der Waals surface area contributed by atoms with Crippen molar-refractivity contribution in [2.24, 2.45) is 0 Å². The first-order chi connectivity index (χ1) is 8.93. The Kier molecular flexibility index (Phi) is 4.74. The highest BCUT2D eigenvalue weighted by Crippen LogP contribution is 2.37. The van der Waals surface area contributed by atoms with Crippen LogP contribution in [-0.4, -0.2) is 5.11 Å². The lowest BCUT2D eigenvalue weighted by atomic mass is 9.78. The van der Waals surface area contributed by atoms with Gasteiger partial charge in [0, 0.05) is 0 Å². The third-order valence-electron chi connectivity index (χ3n) is 3.57. The molecule has 1 aromatic rings. The van der Waals surface area contributed by atoms with Crippen LogP contribution in [0.2, 0.25) is 0 Å². The topological polar surface area (TPSA) is 20.2 Å². The molecule has 0 aliphatic heterocycles. The molecule has 0 radical (unpaired) electrons. The molecule has 1 N–H and O–H groups in total. The van der Waals surface area contributed by atoms with Gasteiger partial charge >= 0.3 is 0 Å². The van der Waals surface area contributed by atoms with E-state index in [9.17, 15) is 5.11 Å². The summed E-state index contributed by atoms with van der Waals surface area (Å²) >= 11 is 0. The first-order valence-corrected chi connectivity index (χ1v) is 7.43. The van der Waals surface area contributed by atoms with E-state index in [4.69, 9.17) is 0 Å². The van der Waals surface area contributed by atoms with Gasteiger partial charge in [-0.15, -0.1) is 0 Å². The summed E-state index contributed by atoms with van der Waals surface area (Å²) in [6, 6.07) is 4.16. The molecule has 0 unspecified atom stereocenters. The predicted octanol–water partition coefficient (Wildman–Crippen LogP) is 5.50. The lowest BCUT2D eigenvalue weighted by Gasteiger charge is -2.27. The van der Waals surface area contributed by atoms with Crippen LogP contribution in [0.25, 0.3) is 0 Å². The van der Waals surface area contributed by atoms with E-state index in [2.05, 4.69) is 67.5 Å². The first kappa shape index (κ1) is 16.8. The molecule has 0 saturated carbocycles. The van der Waals surface area contributed by atoms with Gasteiger partial charge in [-0.3, -0.25) is 0 Å². The summed E-state index contributed by atoms with van der Waals surface area (Å²) in [5.41, 5.74) is 4.92. The average Bonchev–Trinajstić information content (AvgIpc) is 2.23. The summed E-state index contributed by atoms with van der Waals surface area (Å²) in [5, 5.41) is 10.4. The number of phenolic OH excluding ortho intramolecular Hbond substituents is 1. The zero-order valence-corrected chi connectivity index (χ0v) is 14.4. The number of hydrogen-bond donors (Lipinski definition) is 1. The van der Waals surface area contributed by atoms with Crippen molar-refractivity contribution in [2.75, 3.05) is 0 Å². The van der Waals surface area contributed by atoms with Gasteiger partial charge in [0.25, 0.3) is 0 Å². The molecule has 0 spiro atoms. The van der Waals surface area contributed by atoms with Crippen molar-refractivity contribution in [1.82, 2.24) is 0 Å². The molecule has 1 heteroatoms. The summed E-state index contributed by atoms with van der Waals surface area (Å²) in [5.74, 6) is 0.420. The molecule has 0 heterocycles. The molecule has 0 aliphatic rings. The van der Waals surface area contributed by atoms with E-state index in [-0.39, 0.29) is 10.8 Å². The number of aromatic hydroxyl groups is 1. The summed E-state index contributed by atoms with van der Waals surface area (Å²) in [7, 11) is 0. The molecule has 0 amide bonds. The third kappa shape index (κ3) is 4.13. The van der Waals surface area contributed by atoms with Crippen LogP contribution in [0.5, 0.6) is 5.75 Å². The number of phenols is 1. The largest absolute Gasteiger partial charge is 0.508 e. The van der Waals surface area contributed by atoms with Crippen LogP contribution in [-0.2, 0) is 17.3 Å². The molecule has 112 valence electrons. The Morgan fingerprint density at radius 3 is 1.85 bits per heavy atom. The standard InChI is InChI=1S/C19H30O/c1-13(2)9-10-14-11-16(19(6,7)8)17(20)12-15(14)18(3,4)5/h9,11-12,20H,10H2,1-8H3. The second-order valence-corrected chi connectivity index (χ2v) is 8.01. The van der Waals surface area contributed by atoms with Crippen molar-refractivity contribution in [2.45, 2.75) is 72.6 Å². The van der Waals surface area contributed by atoms with Crippen LogP contribution in [0, 0.1) is 0 Å². The van der Waals surface area contributed by atoms with Crippen LogP contribution >= 0.6 is 0 Å². The Hall–Kier alpha value is -1.24. The maximum Gasteiger partial charge on any atom is 0.119 e. The highest BCUT2D eigenvalue weighted by molar-refractivity contribution is 5.48. The molecule has 0 fully saturated rings.